The van der Waals surface area contributed by atoms with Crippen LogP contribution in [0.2, 0.25) is 0 Å². The quantitative estimate of drug-likeness (QED) is 0.539. The van der Waals surface area contributed by atoms with Gasteiger partial charge in [-0.1, -0.05) is 31.2 Å². The van der Waals surface area contributed by atoms with Crippen molar-refractivity contribution in [3.8, 4) is 11.3 Å². The van der Waals surface area contributed by atoms with Crippen LogP contribution in [0, 0.1) is 5.82 Å². The highest BCUT2D eigenvalue weighted by Crippen LogP contribution is 2.16. The lowest BCUT2D eigenvalue weighted by atomic mass is 10.1. The van der Waals surface area contributed by atoms with Crippen molar-refractivity contribution in [3.63, 3.8) is 0 Å². The highest BCUT2D eigenvalue weighted by molar-refractivity contribution is 5.93. The summed E-state index contributed by atoms with van der Waals surface area (Å²) in [4.78, 5) is 30.2. The monoisotopic (exact) mass is 364 g/mol. The summed E-state index contributed by atoms with van der Waals surface area (Å²) in [6.45, 7) is 2.07. The SMILES string of the molecule is CCc1ccc(/C=N/NC(=O)c2cc(-c3ccc(F)cc3)nc(=O)[nH]2)cc1. The summed E-state index contributed by atoms with van der Waals surface area (Å²) in [6, 6.07) is 14.7. The van der Waals surface area contributed by atoms with Gasteiger partial charge >= 0.3 is 5.69 Å². The molecule has 0 bridgehead atoms. The molecule has 3 aromatic rings. The van der Waals surface area contributed by atoms with E-state index >= 15 is 0 Å². The Bertz CT molecular complexity index is 1030. The Kier molecular flexibility index (Phi) is 5.51. The zero-order valence-electron chi connectivity index (χ0n) is 14.6. The summed E-state index contributed by atoms with van der Waals surface area (Å²) in [7, 11) is 0. The Balaban J connectivity index is 1.75. The Morgan fingerprint density at radius 1 is 1.19 bits per heavy atom. The van der Waals surface area contributed by atoms with Gasteiger partial charge in [0.15, 0.2) is 0 Å². The van der Waals surface area contributed by atoms with Gasteiger partial charge in [-0.05, 0) is 47.9 Å². The van der Waals surface area contributed by atoms with E-state index in [1.807, 2.05) is 24.3 Å². The predicted molar refractivity (Wildman–Crippen MR) is 101 cm³/mol. The smallest absolute Gasteiger partial charge is 0.301 e. The molecule has 3 rings (SSSR count). The first-order valence-corrected chi connectivity index (χ1v) is 8.35. The molecule has 0 unspecified atom stereocenters. The molecule has 0 fully saturated rings. The largest absolute Gasteiger partial charge is 0.346 e. The zero-order chi connectivity index (χ0) is 19.2. The Hall–Kier alpha value is -3.61. The molecular formula is C20H17FN4O2. The average molecular weight is 364 g/mol. The second kappa shape index (κ2) is 8.18. The summed E-state index contributed by atoms with van der Waals surface area (Å²) in [5.41, 5.74) is 4.53. The number of carbonyl (C=O) groups is 1. The molecule has 1 amide bonds. The molecule has 2 aromatic carbocycles. The van der Waals surface area contributed by atoms with E-state index in [0.29, 0.717) is 5.56 Å². The third-order valence-electron chi connectivity index (χ3n) is 3.90. The number of rotatable bonds is 5. The second-order valence-electron chi connectivity index (χ2n) is 5.79. The van der Waals surface area contributed by atoms with Crippen LogP contribution in [0.5, 0.6) is 0 Å². The fourth-order valence-corrected chi connectivity index (χ4v) is 2.41. The molecule has 136 valence electrons. The molecular weight excluding hydrogens is 347 g/mol. The maximum absolute atomic E-state index is 13.0. The summed E-state index contributed by atoms with van der Waals surface area (Å²) in [5.74, 6) is -0.984. The van der Waals surface area contributed by atoms with Crippen LogP contribution in [-0.2, 0) is 6.42 Å². The first kappa shape index (κ1) is 18.2. The van der Waals surface area contributed by atoms with Gasteiger partial charge in [-0.3, -0.25) is 4.79 Å². The van der Waals surface area contributed by atoms with Crippen LogP contribution >= 0.6 is 0 Å². The number of nitrogens with zero attached hydrogens (tertiary/aromatic N) is 2. The van der Waals surface area contributed by atoms with E-state index in [0.717, 1.165) is 12.0 Å². The minimum atomic E-state index is -0.680. The third-order valence-corrected chi connectivity index (χ3v) is 3.90. The van der Waals surface area contributed by atoms with Crippen LogP contribution in [0.3, 0.4) is 0 Å². The molecule has 0 spiro atoms. The van der Waals surface area contributed by atoms with Crippen molar-refractivity contribution in [2.45, 2.75) is 13.3 Å². The van der Waals surface area contributed by atoms with Gasteiger partial charge in [0.25, 0.3) is 5.91 Å². The van der Waals surface area contributed by atoms with E-state index < -0.39 is 17.4 Å². The number of hydrazone groups is 1. The summed E-state index contributed by atoms with van der Waals surface area (Å²) in [5, 5.41) is 3.90. The van der Waals surface area contributed by atoms with Gasteiger partial charge in [0.05, 0.1) is 11.9 Å². The third kappa shape index (κ3) is 4.72. The van der Waals surface area contributed by atoms with Gasteiger partial charge < -0.3 is 4.98 Å². The fraction of sp³-hybridized carbons (Fsp3) is 0.100. The molecule has 1 aromatic heterocycles. The van der Waals surface area contributed by atoms with Gasteiger partial charge in [-0.15, -0.1) is 0 Å². The lowest BCUT2D eigenvalue weighted by Gasteiger charge is -2.04. The van der Waals surface area contributed by atoms with Crippen molar-refractivity contribution in [3.05, 3.63) is 87.7 Å². The van der Waals surface area contributed by atoms with Crippen LogP contribution in [0.25, 0.3) is 11.3 Å². The predicted octanol–water partition coefficient (Wildman–Crippen LogP) is 2.90. The minimum absolute atomic E-state index is 0.00723. The van der Waals surface area contributed by atoms with E-state index in [2.05, 4.69) is 27.4 Å². The number of aryl methyl sites for hydroxylation is 1. The summed E-state index contributed by atoms with van der Waals surface area (Å²) >= 11 is 0. The van der Waals surface area contributed by atoms with E-state index in [1.165, 1.54) is 42.1 Å². The number of nitrogens with one attached hydrogen (secondary N) is 2. The first-order chi connectivity index (χ1) is 13.0. The number of aromatic nitrogens is 2. The van der Waals surface area contributed by atoms with Crippen LogP contribution in [0.15, 0.2) is 64.5 Å². The highest BCUT2D eigenvalue weighted by Gasteiger charge is 2.10. The van der Waals surface area contributed by atoms with E-state index in [9.17, 15) is 14.0 Å². The maximum Gasteiger partial charge on any atom is 0.346 e. The Morgan fingerprint density at radius 2 is 1.89 bits per heavy atom. The molecule has 0 saturated heterocycles. The van der Waals surface area contributed by atoms with Crippen molar-refractivity contribution in [2.24, 2.45) is 5.10 Å². The minimum Gasteiger partial charge on any atom is -0.301 e. The van der Waals surface area contributed by atoms with Crippen LogP contribution in [-0.4, -0.2) is 22.1 Å². The molecule has 0 aliphatic heterocycles. The van der Waals surface area contributed by atoms with E-state index in [4.69, 9.17) is 0 Å². The number of halogens is 1. The second-order valence-corrected chi connectivity index (χ2v) is 5.79. The molecule has 2 N–H and O–H groups in total. The van der Waals surface area contributed by atoms with Gasteiger partial charge in [0, 0.05) is 5.56 Å². The molecule has 7 heteroatoms. The molecule has 0 atom stereocenters. The van der Waals surface area contributed by atoms with Crippen molar-refractivity contribution < 1.29 is 9.18 Å². The molecule has 0 radical (unpaired) electrons. The Morgan fingerprint density at radius 3 is 2.56 bits per heavy atom. The number of hydrogen-bond donors (Lipinski definition) is 2. The fourth-order valence-electron chi connectivity index (χ4n) is 2.41. The molecule has 27 heavy (non-hydrogen) atoms. The van der Waals surface area contributed by atoms with Crippen LogP contribution < -0.4 is 11.1 Å². The molecule has 6 nitrogen and oxygen atoms in total. The van der Waals surface area contributed by atoms with Crippen molar-refractivity contribution in [2.75, 3.05) is 0 Å². The van der Waals surface area contributed by atoms with Gasteiger partial charge in [0.1, 0.15) is 11.5 Å². The van der Waals surface area contributed by atoms with Crippen molar-refractivity contribution >= 4 is 12.1 Å². The lowest BCUT2D eigenvalue weighted by Crippen LogP contribution is -2.24. The Labute approximate surface area is 154 Å². The van der Waals surface area contributed by atoms with Crippen molar-refractivity contribution in [1.29, 1.82) is 0 Å². The number of H-pyrrole nitrogens is 1. The number of amides is 1. The summed E-state index contributed by atoms with van der Waals surface area (Å²) < 4.78 is 13.0. The topological polar surface area (TPSA) is 87.2 Å². The van der Waals surface area contributed by atoms with Crippen molar-refractivity contribution in [1.82, 2.24) is 15.4 Å². The van der Waals surface area contributed by atoms with Gasteiger partial charge in [-0.25, -0.2) is 14.6 Å². The lowest BCUT2D eigenvalue weighted by molar-refractivity contribution is 0.0949. The van der Waals surface area contributed by atoms with E-state index in [-0.39, 0.29) is 11.4 Å². The van der Waals surface area contributed by atoms with Crippen LogP contribution in [0.4, 0.5) is 4.39 Å². The van der Waals surface area contributed by atoms with Crippen LogP contribution in [0.1, 0.15) is 28.5 Å². The standard InChI is InChI=1S/C20H17FN4O2/c1-2-13-3-5-14(6-4-13)12-22-25-19(26)18-11-17(23-20(27)24-18)15-7-9-16(21)10-8-15/h3-12H,2H2,1H3,(H,25,26)(H,23,24,27)/b22-12+. The summed E-state index contributed by atoms with van der Waals surface area (Å²) in [6.07, 6.45) is 2.46. The molecule has 0 aliphatic carbocycles. The van der Waals surface area contributed by atoms with Gasteiger partial charge in [-0.2, -0.15) is 10.1 Å². The number of aromatic amines is 1. The number of benzene rings is 2. The first-order valence-electron chi connectivity index (χ1n) is 8.35. The number of carbonyl (C=O) groups excluding carboxylic acids is 1. The highest BCUT2D eigenvalue weighted by atomic mass is 19.1. The molecule has 1 heterocycles. The maximum atomic E-state index is 13.0. The zero-order valence-corrected chi connectivity index (χ0v) is 14.6. The average Bonchev–Trinajstić information content (AvgIpc) is 2.68. The normalized spacial score (nSPS) is 10.9. The number of hydrogen-bond acceptors (Lipinski definition) is 4. The van der Waals surface area contributed by atoms with Gasteiger partial charge in [0.2, 0.25) is 0 Å². The van der Waals surface area contributed by atoms with E-state index in [1.54, 1.807) is 0 Å². The molecule has 0 aliphatic rings. The molecule has 0 saturated carbocycles.